The van der Waals surface area contributed by atoms with Gasteiger partial charge in [0.15, 0.2) is 0 Å². The molecule has 4 nitrogen and oxygen atoms in total. The molecule has 1 heterocycles. The fourth-order valence-corrected chi connectivity index (χ4v) is 2.31. The Hall–Kier alpha value is -2.49. The Morgan fingerprint density at radius 1 is 1.16 bits per heavy atom. The molecule has 0 spiro atoms. The minimum atomic E-state index is -0.530. The number of benzene rings is 2. The molecule has 0 radical (unpaired) electrons. The molecule has 4 heteroatoms. The number of nitrogens with two attached hydrogens (primary N) is 1. The van der Waals surface area contributed by atoms with Gasteiger partial charge in [-0.25, -0.2) is 4.79 Å². The van der Waals surface area contributed by atoms with Crippen LogP contribution in [-0.4, -0.2) is 6.03 Å². The van der Waals surface area contributed by atoms with Gasteiger partial charge in [0.05, 0.1) is 6.04 Å². The molecule has 2 aromatic carbocycles. The number of fused-ring (bicyclic) bond motifs is 3. The van der Waals surface area contributed by atoms with Gasteiger partial charge in [-0.15, -0.1) is 0 Å². The lowest BCUT2D eigenvalue weighted by Crippen LogP contribution is -2.31. The largest absolute Gasteiger partial charge is 0.456 e. The molecule has 0 aliphatic carbocycles. The summed E-state index contributed by atoms with van der Waals surface area (Å²) < 4.78 is 5.80. The van der Waals surface area contributed by atoms with Crippen molar-refractivity contribution < 1.29 is 9.21 Å². The van der Waals surface area contributed by atoms with E-state index >= 15 is 0 Å². The van der Waals surface area contributed by atoms with Gasteiger partial charge in [0.25, 0.3) is 0 Å². The fourth-order valence-electron chi connectivity index (χ4n) is 2.31. The van der Waals surface area contributed by atoms with Crippen molar-refractivity contribution in [3.05, 3.63) is 48.0 Å². The van der Waals surface area contributed by atoms with Crippen molar-refractivity contribution in [2.24, 2.45) is 5.73 Å². The van der Waals surface area contributed by atoms with E-state index in [9.17, 15) is 4.79 Å². The van der Waals surface area contributed by atoms with Crippen molar-refractivity contribution in [2.75, 3.05) is 0 Å². The molecule has 1 unspecified atom stereocenters. The molecule has 1 aromatic heterocycles. The van der Waals surface area contributed by atoms with Gasteiger partial charge < -0.3 is 15.5 Å². The minimum Gasteiger partial charge on any atom is -0.456 e. The predicted molar refractivity (Wildman–Crippen MR) is 74.9 cm³/mol. The first-order valence-electron chi connectivity index (χ1n) is 6.12. The molecule has 0 aliphatic rings. The van der Waals surface area contributed by atoms with Crippen LogP contribution in [0.1, 0.15) is 18.5 Å². The van der Waals surface area contributed by atoms with Crippen LogP contribution in [0.5, 0.6) is 0 Å². The Morgan fingerprint density at radius 3 is 2.68 bits per heavy atom. The Bertz CT molecular complexity index is 761. The molecule has 0 bridgehead atoms. The van der Waals surface area contributed by atoms with Crippen LogP contribution >= 0.6 is 0 Å². The molecular weight excluding hydrogens is 240 g/mol. The van der Waals surface area contributed by atoms with E-state index in [0.29, 0.717) is 0 Å². The molecule has 0 saturated carbocycles. The molecule has 96 valence electrons. The SMILES string of the molecule is CC(NC(N)=O)c1ccc2c(c1)oc1ccccc12. The molecule has 2 amide bonds. The van der Waals surface area contributed by atoms with E-state index in [4.69, 9.17) is 10.2 Å². The number of nitrogens with one attached hydrogen (secondary N) is 1. The van der Waals surface area contributed by atoms with Crippen LogP contribution in [0.15, 0.2) is 46.9 Å². The summed E-state index contributed by atoms with van der Waals surface area (Å²) in [5, 5.41) is 4.83. The van der Waals surface area contributed by atoms with E-state index in [2.05, 4.69) is 5.32 Å². The zero-order valence-corrected chi connectivity index (χ0v) is 10.5. The summed E-state index contributed by atoms with van der Waals surface area (Å²) in [5.41, 5.74) is 7.78. The molecule has 0 fully saturated rings. The average molecular weight is 254 g/mol. The van der Waals surface area contributed by atoms with E-state index in [1.165, 1.54) is 0 Å². The Balaban J connectivity index is 2.10. The van der Waals surface area contributed by atoms with E-state index in [-0.39, 0.29) is 6.04 Å². The van der Waals surface area contributed by atoms with Gasteiger partial charge in [-0.05, 0) is 24.6 Å². The van der Waals surface area contributed by atoms with E-state index < -0.39 is 6.03 Å². The van der Waals surface area contributed by atoms with E-state index in [0.717, 1.165) is 27.5 Å². The first kappa shape index (κ1) is 11.6. The number of furan rings is 1. The zero-order chi connectivity index (χ0) is 13.4. The highest BCUT2D eigenvalue weighted by Crippen LogP contribution is 2.30. The van der Waals surface area contributed by atoms with Crippen molar-refractivity contribution in [3.8, 4) is 0 Å². The third kappa shape index (κ3) is 2.01. The maximum absolute atomic E-state index is 10.9. The van der Waals surface area contributed by atoms with E-state index in [1.54, 1.807) is 0 Å². The van der Waals surface area contributed by atoms with Crippen LogP contribution in [0.3, 0.4) is 0 Å². The molecule has 3 rings (SSSR count). The molecule has 0 aliphatic heterocycles. The Morgan fingerprint density at radius 2 is 1.89 bits per heavy atom. The Labute approximate surface area is 110 Å². The van der Waals surface area contributed by atoms with Crippen molar-refractivity contribution >= 4 is 28.0 Å². The summed E-state index contributed by atoms with van der Waals surface area (Å²) in [6, 6.07) is 13.2. The minimum absolute atomic E-state index is 0.143. The molecule has 3 N–H and O–H groups in total. The Kier molecular flexibility index (Phi) is 2.63. The van der Waals surface area contributed by atoms with Gasteiger partial charge in [-0.2, -0.15) is 0 Å². The van der Waals surface area contributed by atoms with Crippen LogP contribution in [0.2, 0.25) is 0 Å². The summed E-state index contributed by atoms with van der Waals surface area (Å²) in [5.74, 6) is 0. The van der Waals surface area contributed by atoms with Crippen molar-refractivity contribution in [1.82, 2.24) is 5.32 Å². The van der Waals surface area contributed by atoms with Gasteiger partial charge in [0, 0.05) is 10.8 Å². The lowest BCUT2D eigenvalue weighted by Gasteiger charge is -2.11. The quantitative estimate of drug-likeness (QED) is 0.736. The molecule has 1 atom stereocenters. The van der Waals surface area contributed by atoms with Gasteiger partial charge in [0.1, 0.15) is 11.2 Å². The van der Waals surface area contributed by atoms with Crippen molar-refractivity contribution in [1.29, 1.82) is 0 Å². The average Bonchev–Trinajstić information content (AvgIpc) is 2.75. The monoisotopic (exact) mass is 254 g/mol. The molecular formula is C15H14N2O2. The maximum Gasteiger partial charge on any atom is 0.312 e. The number of urea groups is 1. The van der Waals surface area contributed by atoms with Gasteiger partial charge in [-0.3, -0.25) is 0 Å². The number of rotatable bonds is 2. The van der Waals surface area contributed by atoms with Crippen LogP contribution < -0.4 is 11.1 Å². The third-order valence-electron chi connectivity index (χ3n) is 3.26. The molecule has 3 aromatic rings. The second-order valence-corrected chi connectivity index (χ2v) is 4.58. The number of amides is 2. The first-order chi connectivity index (χ1) is 9.15. The smallest absolute Gasteiger partial charge is 0.312 e. The summed E-state index contributed by atoms with van der Waals surface area (Å²) >= 11 is 0. The second kappa shape index (κ2) is 4.31. The van der Waals surface area contributed by atoms with Gasteiger partial charge in [-0.1, -0.05) is 30.3 Å². The number of carbonyl (C=O) groups is 1. The number of carbonyl (C=O) groups excluding carboxylic acids is 1. The number of para-hydroxylation sites is 1. The third-order valence-corrected chi connectivity index (χ3v) is 3.26. The zero-order valence-electron chi connectivity index (χ0n) is 10.5. The lowest BCUT2D eigenvalue weighted by atomic mass is 10.1. The normalized spacial score (nSPS) is 12.7. The number of primary amides is 1. The standard InChI is InChI=1S/C15H14N2O2/c1-9(17-15(16)18)10-6-7-12-11-4-2-3-5-13(11)19-14(12)8-10/h2-9H,1H3,(H3,16,17,18). The maximum atomic E-state index is 10.9. The predicted octanol–water partition coefficient (Wildman–Crippen LogP) is 3.32. The van der Waals surface area contributed by atoms with Crippen molar-refractivity contribution in [3.63, 3.8) is 0 Å². The summed E-state index contributed by atoms with van der Waals surface area (Å²) in [4.78, 5) is 10.9. The highest BCUT2D eigenvalue weighted by Gasteiger charge is 2.11. The summed E-state index contributed by atoms with van der Waals surface area (Å²) in [6.45, 7) is 1.88. The fraction of sp³-hybridized carbons (Fsp3) is 0.133. The lowest BCUT2D eigenvalue weighted by molar-refractivity contribution is 0.246. The van der Waals surface area contributed by atoms with Crippen LogP contribution in [-0.2, 0) is 0 Å². The van der Waals surface area contributed by atoms with Crippen molar-refractivity contribution in [2.45, 2.75) is 13.0 Å². The highest BCUT2D eigenvalue weighted by molar-refractivity contribution is 6.04. The first-order valence-corrected chi connectivity index (χ1v) is 6.12. The van der Waals surface area contributed by atoms with Gasteiger partial charge in [0.2, 0.25) is 0 Å². The molecule has 19 heavy (non-hydrogen) atoms. The number of hydrogen-bond donors (Lipinski definition) is 2. The van der Waals surface area contributed by atoms with Crippen LogP contribution in [0.4, 0.5) is 4.79 Å². The summed E-state index contributed by atoms with van der Waals surface area (Å²) in [6.07, 6.45) is 0. The highest BCUT2D eigenvalue weighted by atomic mass is 16.3. The van der Waals surface area contributed by atoms with Crippen LogP contribution in [0, 0.1) is 0 Å². The molecule has 0 saturated heterocycles. The number of hydrogen-bond acceptors (Lipinski definition) is 2. The van der Waals surface area contributed by atoms with Gasteiger partial charge >= 0.3 is 6.03 Å². The van der Waals surface area contributed by atoms with Crippen LogP contribution in [0.25, 0.3) is 21.9 Å². The second-order valence-electron chi connectivity index (χ2n) is 4.58. The summed E-state index contributed by atoms with van der Waals surface area (Å²) in [7, 11) is 0. The topological polar surface area (TPSA) is 68.3 Å². The van der Waals surface area contributed by atoms with E-state index in [1.807, 2.05) is 49.4 Å².